The lowest BCUT2D eigenvalue weighted by Gasteiger charge is -2.22. The number of hydrogen-bond donors (Lipinski definition) is 1. The number of unbranched alkanes of at least 4 members (excludes halogenated alkanes) is 1. The van der Waals surface area contributed by atoms with Crippen molar-refractivity contribution in [3.8, 4) is 0 Å². The first-order chi connectivity index (χ1) is 8.04. The number of rotatable bonds is 11. The molecule has 0 aromatic heterocycles. The van der Waals surface area contributed by atoms with E-state index in [0.717, 1.165) is 31.5 Å². The van der Waals surface area contributed by atoms with Gasteiger partial charge in [0.2, 0.25) is 0 Å². The molecule has 0 aliphatic carbocycles. The van der Waals surface area contributed by atoms with Crippen molar-refractivity contribution in [2.45, 2.75) is 52.1 Å². The summed E-state index contributed by atoms with van der Waals surface area (Å²) in [5.41, 5.74) is 0. The van der Waals surface area contributed by atoms with Crippen LogP contribution in [0.1, 0.15) is 39.5 Å². The van der Waals surface area contributed by atoms with Gasteiger partial charge in [0.1, 0.15) is 0 Å². The van der Waals surface area contributed by atoms with Gasteiger partial charge in [-0.3, -0.25) is 0 Å². The van der Waals surface area contributed by atoms with Crippen LogP contribution >= 0.6 is 0 Å². The second-order valence-electron chi connectivity index (χ2n) is 5.29. The van der Waals surface area contributed by atoms with Gasteiger partial charge < -0.3 is 14.2 Å². The Morgan fingerprint density at radius 3 is 2.12 bits per heavy atom. The fourth-order valence-corrected chi connectivity index (χ4v) is 3.14. The third kappa shape index (κ3) is 9.77. The van der Waals surface area contributed by atoms with Crippen LogP contribution < -0.4 is 5.32 Å². The molecule has 0 bridgehead atoms. The Morgan fingerprint density at radius 1 is 1.00 bits per heavy atom. The van der Waals surface area contributed by atoms with Crippen molar-refractivity contribution in [2.24, 2.45) is 5.92 Å². The molecule has 0 saturated heterocycles. The van der Waals surface area contributed by atoms with Gasteiger partial charge in [-0.1, -0.05) is 26.7 Å². The van der Waals surface area contributed by atoms with Crippen LogP contribution in [0, 0.1) is 5.92 Å². The SMILES string of the molecule is CO[Si](C)(CCCNCCCCC(C)C)OC. The summed E-state index contributed by atoms with van der Waals surface area (Å²) >= 11 is 0. The van der Waals surface area contributed by atoms with Gasteiger partial charge in [-0.15, -0.1) is 0 Å². The molecule has 0 aliphatic rings. The molecular weight excluding hydrogens is 230 g/mol. The van der Waals surface area contributed by atoms with Crippen LogP contribution in [0.25, 0.3) is 0 Å². The van der Waals surface area contributed by atoms with Gasteiger partial charge in [0.25, 0.3) is 0 Å². The molecule has 0 fully saturated rings. The predicted molar refractivity (Wildman–Crippen MR) is 76.6 cm³/mol. The predicted octanol–water partition coefficient (Wildman–Crippen LogP) is 3.16. The van der Waals surface area contributed by atoms with Crippen LogP contribution in [0.3, 0.4) is 0 Å². The Balaban J connectivity index is 3.29. The second-order valence-corrected chi connectivity index (χ2v) is 8.87. The molecule has 0 aliphatic heterocycles. The highest BCUT2D eigenvalue weighted by atomic mass is 28.4. The van der Waals surface area contributed by atoms with Crippen molar-refractivity contribution >= 4 is 8.56 Å². The van der Waals surface area contributed by atoms with Crippen LogP contribution in [0.4, 0.5) is 0 Å². The fourth-order valence-electron chi connectivity index (χ4n) is 1.75. The van der Waals surface area contributed by atoms with Gasteiger partial charge in [-0.05, 0) is 44.4 Å². The summed E-state index contributed by atoms with van der Waals surface area (Å²) in [5.74, 6) is 0.838. The lowest BCUT2D eigenvalue weighted by Crippen LogP contribution is -2.36. The Bertz CT molecular complexity index is 173. The molecule has 0 radical (unpaired) electrons. The molecule has 1 N–H and O–H groups in total. The second kappa shape index (κ2) is 10.1. The van der Waals surface area contributed by atoms with Crippen LogP contribution in [0.15, 0.2) is 0 Å². The first-order valence-electron chi connectivity index (χ1n) is 6.85. The van der Waals surface area contributed by atoms with Crippen LogP contribution in [-0.2, 0) is 8.85 Å². The van der Waals surface area contributed by atoms with E-state index in [1.807, 2.05) is 0 Å². The van der Waals surface area contributed by atoms with Crippen LogP contribution in [0.5, 0.6) is 0 Å². The van der Waals surface area contributed by atoms with Crippen molar-refractivity contribution < 1.29 is 8.85 Å². The summed E-state index contributed by atoms with van der Waals surface area (Å²) in [7, 11) is 1.69. The molecule has 4 heteroatoms. The van der Waals surface area contributed by atoms with Crippen LogP contribution in [-0.4, -0.2) is 35.9 Å². The summed E-state index contributed by atoms with van der Waals surface area (Å²) in [5, 5.41) is 3.49. The van der Waals surface area contributed by atoms with Crippen molar-refractivity contribution in [1.82, 2.24) is 5.32 Å². The largest absolute Gasteiger partial charge is 0.398 e. The Labute approximate surface area is 109 Å². The van der Waals surface area contributed by atoms with E-state index in [9.17, 15) is 0 Å². The monoisotopic (exact) mass is 261 g/mol. The zero-order valence-corrected chi connectivity index (χ0v) is 13.3. The molecule has 0 aromatic carbocycles. The summed E-state index contributed by atoms with van der Waals surface area (Å²) in [6, 6.07) is 1.07. The molecule has 0 amide bonds. The first kappa shape index (κ1) is 17.1. The molecule has 0 rings (SSSR count). The normalized spacial score (nSPS) is 12.4. The van der Waals surface area contributed by atoms with E-state index >= 15 is 0 Å². The lowest BCUT2D eigenvalue weighted by atomic mass is 10.1. The first-order valence-corrected chi connectivity index (χ1v) is 9.37. The minimum absolute atomic E-state index is 0.838. The van der Waals surface area contributed by atoms with Crippen molar-refractivity contribution in [3.63, 3.8) is 0 Å². The van der Waals surface area contributed by atoms with E-state index in [-0.39, 0.29) is 0 Å². The number of nitrogens with one attached hydrogen (secondary N) is 1. The molecule has 0 atom stereocenters. The highest BCUT2D eigenvalue weighted by Crippen LogP contribution is 2.12. The van der Waals surface area contributed by atoms with Crippen molar-refractivity contribution in [1.29, 1.82) is 0 Å². The number of hydrogen-bond acceptors (Lipinski definition) is 3. The highest BCUT2D eigenvalue weighted by Gasteiger charge is 2.27. The van der Waals surface area contributed by atoms with Gasteiger partial charge in [0.15, 0.2) is 0 Å². The molecular formula is C13H31NO2Si. The minimum Gasteiger partial charge on any atom is -0.398 e. The maximum Gasteiger partial charge on any atom is 0.334 e. The molecule has 104 valence electrons. The van der Waals surface area contributed by atoms with Crippen LogP contribution in [0.2, 0.25) is 12.6 Å². The lowest BCUT2D eigenvalue weighted by molar-refractivity contribution is 0.248. The standard InChI is InChI=1S/C13H31NO2Si/c1-13(2)9-6-7-10-14-11-8-12-17(5,15-3)16-4/h13-14H,6-12H2,1-5H3. The fraction of sp³-hybridized carbons (Fsp3) is 1.00. The van der Waals surface area contributed by atoms with E-state index in [1.54, 1.807) is 14.2 Å². The molecule has 0 saturated carbocycles. The molecule has 0 spiro atoms. The Hall–Kier alpha value is 0.0969. The quantitative estimate of drug-likeness (QED) is 0.458. The summed E-state index contributed by atoms with van der Waals surface area (Å²) in [4.78, 5) is 0. The van der Waals surface area contributed by atoms with Gasteiger partial charge in [0.05, 0.1) is 0 Å². The molecule has 17 heavy (non-hydrogen) atoms. The molecule has 0 aromatic rings. The molecule has 0 unspecified atom stereocenters. The molecule has 3 nitrogen and oxygen atoms in total. The zero-order chi connectivity index (χ0) is 13.1. The third-order valence-corrected chi connectivity index (χ3v) is 6.22. The molecule has 0 heterocycles. The maximum atomic E-state index is 5.45. The van der Waals surface area contributed by atoms with Gasteiger partial charge >= 0.3 is 8.56 Å². The highest BCUT2D eigenvalue weighted by molar-refractivity contribution is 6.65. The van der Waals surface area contributed by atoms with Gasteiger partial charge in [0, 0.05) is 14.2 Å². The van der Waals surface area contributed by atoms with E-state index in [0.29, 0.717) is 0 Å². The van der Waals surface area contributed by atoms with E-state index < -0.39 is 8.56 Å². The summed E-state index contributed by atoms with van der Waals surface area (Å²) in [6.45, 7) is 8.92. The summed E-state index contributed by atoms with van der Waals surface area (Å²) in [6.07, 6.45) is 5.13. The maximum absolute atomic E-state index is 5.45. The minimum atomic E-state index is -1.83. The topological polar surface area (TPSA) is 30.5 Å². The Kier molecular flexibility index (Phi) is 10.1. The Morgan fingerprint density at radius 2 is 1.59 bits per heavy atom. The zero-order valence-electron chi connectivity index (χ0n) is 12.3. The van der Waals surface area contributed by atoms with E-state index in [1.165, 1.54) is 19.3 Å². The van der Waals surface area contributed by atoms with Crippen molar-refractivity contribution in [3.05, 3.63) is 0 Å². The third-order valence-electron chi connectivity index (χ3n) is 3.23. The van der Waals surface area contributed by atoms with Crippen molar-refractivity contribution in [2.75, 3.05) is 27.3 Å². The van der Waals surface area contributed by atoms with E-state index in [2.05, 4.69) is 25.7 Å². The summed E-state index contributed by atoms with van der Waals surface area (Å²) < 4.78 is 10.9. The smallest absolute Gasteiger partial charge is 0.334 e. The van der Waals surface area contributed by atoms with E-state index in [4.69, 9.17) is 8.85 Å². The average molecular weight is 261 g/mol. The van der Waals surface area contributed by atoms with Gasteiger partial charge in [-0.25, -0.2) is 0 Å². The average Bonchev–Trinajstić information content (AvgIpc) is 2.32. The van der Waals surface area contributed by atoms with Gasteiger partial charge in [-0.2, -0.15) is 0 Å².